The first-order valence-corrected chi connectivity index (χ1v) is 7.62. The fourth-order valence-corrected chi connectivity index (χ4v) is 2.93. The van der Waals surface area contributed by atoms with E-state index < -0.39 is 17.6 Å². The Bertz CT molecular complexity index is 706. The predicted octanol–water partition coefficient (Wildman–Crippen LogP) is 3.41. The highest BCUT2D eigenvalue weighted by Gasteiger charge is 2.14. The van der Waals surface area contributed by atoms with E-state index in [1.165, 1.54) is 12.1 Å². The van der Waals surface area contributed by atoms with Gasteiger partial charge in [0.2, 0.25) is 0 Å². The van der Waals surface area contributed by atoms with Crippen LogP contribution in [0, 0.1) is 18.6 Å². The second-order valence-corrected chi connectivity index (χ2v) is 6.08. The van der Waals surface area contributed by atoms with E-state index in [2.05, 4.69) is 10.3 Å². The molecule has 8 heteroatoms. The summed E-state index contributed by atoms with van der Waals surface area (Å²) in [4.78, 5) is 15.3. The lowest BCUT2D eigenvalue weighted by Crippen LogP contribution is -2.17. The van der Waals surface area contributed by atoms with Gasteiger partial charge in [-0.3, -0.25) is 0 Å². The summed E-state index contributed by atoms with van der Waals surface area (Å²) in [5, 5.41) is 12.3. The summed E-state index contributed by atoms with van der Waals surface area (Å²) in [5.74, 6) is -3.01. The molecule has 0 fully saturated rings. The van der Waals surface area contributed by atoms with Crippen LogP contribution in [0.2, 0.25) is 5.02 Å². The number of thiazole rings is 1. The highest BCUT2D eigenvalue weighted by Crippen LogP contribution is 2.20. The average molecular weight is 347 g/mol. The Morgan fingerprint density at radius 2 is 2.14 bits per heavy atom. The number of halogens is 3. The number of aromatic nitrogens is 1. The van der Waals surface area contributed by atoms with Crippen LogP contribution in [0.15, 0.2) is 12.1 Å². The number of benzene rings is 1. The molecule has 0 saturated heterocycles. The minimum atomic E-state index is -1.05. The summed E-state index contributed by atoms with van der Waals surface area (Å²) in [6.07, 6.45) is 0.510. The van der Waals surface area contributed by atoms with Gasteiger partial charge in [-0.25, -0.2) is 18.6 Å². The first-order chi connectivity index (χ1) is 10.4. The van der Waals surface area contributed by atoms with Crippen molar-refractivity contribution in [2.24, 2.45) is 0 Å². The molecule has 22 heavy (non-hydrogen) atoms. The zero-order valence-corrected chi connectivity index (χ0v) is 13.2. The predicted molar refractivity (Wildman–Crippen MR) is 80.6 cm³/mol. The zero-order valence-electron chi connectivity index (χ0n) is 11.6. The van der Waals surface area contributed by atoms with Crippen molar-refractivity contribution in [2.45, 2.75) is 19.9 Å². The lowest BCUT2D eigenvalue weighted by Gasteiger charge is -2.06. The molecule has 0 saturated carbocycles. The van der Waals surface area contributed by atoms with Crippen LogP contribution in [0.5, 0.6) is 0 Å². The maximum absolute atomic E-state index is 13.6. The number of carboxylic acid groups (broad SMARTS) is 1. The van der Waals surface area contributed by atoms with Gasteiger partial charge in [0.1, 0.15) is 4.88 Å². The van der Waals surface area contributed by atoms with Gasteiger partial charge in [-0.15, -0.1) is 11.3 Å². The number of rotatable bonds is 6. The molecule has 0 amide bonds. The van der Waals surface area contributed by atoms with Gasteiger partial charge >= 0.3 is 5.97 Å². The molecule has 1 heterocycles. The molecule has 2 aromatic rings. The van der Waals surface area contributed by atoms with Crippen molar-refractivity contribution >= 4 is 28.9 Å². The molecular weight excluding hydrogens is 334 g/mol. The second kappa shape index (κ2) is 7.13. The summed E-state index contributed by atoms with van der Waals surface area (Å²) >= 11 is 6.60. The van der Waals surface area contributed by atoms with Crippen molar-refractivity contribution in [3.05, 3.63) is 49.9 Å². The van der Waals surface area contributed by atoms with Crippen LogP contribution in [0.3, 0.4) is 0 Å². The van der Waals surface area contributed by atoms with Gasteiger partial charge in [0.05, 0.1) is 15.7 Å². The van der Waals surface area contributed by atoms with Crippen molar-refractivity contribution < 1.29 is 18.7 Å². The van der Waals surface area contributed by atoms with Crippen LogP contribution < -0.4 is 5.32 Å². The van der Waals surface area contributed by atoms with E-state index in [0.29, 0.717) is 23.7 Å². The molecule has 0 bridgehead atoms. The summed E-state index contributed by atoms with van der Waals surface area (Å²) in [7, 11) is 0. The number of hydrogen-bond donors (Lipinski definition) is 2. The molecule has 0 aliphatic heterocycles. The minimum Gasteiger partial charge on any atom is -0.477 e. The molecule has 0 radical (unpaired) electrons. The third-order valence-corrected chi connectivity index (χ3v) is 4.48. The van der Waals surface area contributed by atoms with Crippen molar-refractivity contribution in [1.29, 1.82) is 0 Å². The molecule has 2 rings (SSSR count). The monoisotopic (exact) mass is 346 g/mol. The highest BCUT2D eigenvalue weighted by atomic mass is 35.5. The second-order valence-electron chi connectivity index (χ2n) is 4.59. The van der Waals surface area contributed by atoms with Gasteiger partial charge in [0, 0.05) is 25.1 Å². The molecule has 1 aromatic heterocycles. The SMILES string of the molecule is Cc1nc(CCNCc2ccc(Cl)c(F)c2F)sc1C(=O)O. The molecule has 0 aliphatic carbocycles. The molecule has 0 unspecified atom stereocenters. The molecule has 118 valence electrons. The number of nitrogens with zero attached hydrogens (tertiary/aromatic N) is 1. The van der Waals surface area contributed by atoms with E-state index in [1.54, 1.807) is 6.92 Å². The summed E-state index contributed by atoms with van der Waals surface area (Å²) in [5.41, 5.74) is 0.668. The number of aromatic carboxylic acids is 1. The number of carboxylic acids is 1. The average Bonchev–Trinajstić information content (AvgIpc) is 2.84. The maximum Gasteiger partial charge on any atom is 0.347 e. The maximum atomic E-state index is 13.6. The molecular formula is C14H13ClF2N2O2S. The first kappa shape index (κ1) is 16.8. The Balaban J connectivity index is 1.89. The van der Waals surface area contributed by atoms with Crippen LogP contribution >= 0.6 is 22.9 Å². The number of nitrogens with one attached hydrogen (secondary N) is 1. The molecule has 2 N–H and O–H groups in total. The zero-order chi connectivity index (χ0) is 16.3. The quantitative estimate of drug-likeness (QED) is 0.621. The largest absolute Gasteiger partial charge is 0.477 e. The van der Waals surface area contributed by atoms with Gasteiger partial charge in [-0.1, -0.05) is 17.7 Å². The molecule has 1 aromatic carbocycles. The summed E-state index contributed by atoms with van der Waals surface area (Å²) in [6.45, 7) is 2.26. The van der Waals surface area contributed by atoms with Crippen molar-refractivity contribution in [1.82, 2.24) is 10.3 Å². The molecule has 4 nitrogen and oxygen atoms in total. The Labute approximate surface area is 134 Å². The Morgan fingerprint density at radius 1 is 1.41 bits per heavy atom. The van der Waals surface area contributed by atoms with Gasteiger partial charge in [0.15, 0.2) is 11.6 Å². The van der Waals surface area contributed by atoms with Gasteiger partial charge in [0.25, 0.3) is 0 Å². The number of aryl methyl sites for hydroxylation is 1. The lowest BCUT2D eigenvalue weighted by molar-refractivity contribution is 0.0701. The van der Waals surface area contributed by atoms with Crippen LogP contribution in [0.25, 0.3) is 0 Å². The Morgan fingerprint density at radius 3 is 2.77 bits per heavy atom. The minimum absolute atomic E-state index is 0.149. The fourth-order valence-electron chi connectivity index (χ4n) is 1.88. The standard InChI is InChI=1S/C14H13ClF2N2O2S/c1-7-13(14(20)21)22-10(19-7)4-5-18-6-8-2-3-9(15)12(17)11(8)16/h2-3,18H,4-6H2,1H3,(H,20,21). The van der Waals surface area contributed by atoms with Crippen molar-refractivity contribution in [3.63, 3.8) is 0 Å². The smallest absolute Gasteiger partial charge is 0.347 e. The number of hydrogen-bond acceptors (Lipinski definition) is 4. The Kier molecular flexibility index (Phi) is 5.44. The molecule has 0 spiro atoms. The topological polar surface area (TPSA) is 62.2 Å². The summed E-state index contributed by atoms with van der Waals surface area (Å²) in [6, 6.07) is 2.73. The molecule has 0 aliphatic rings. The van der Waals surface area contributed by atoms with Crippen LogP contribution in [-0.2, 0) is 13.0 Å². The van der Waals surface area contributed by atoms with E-state index in [-0.39, 0.29) is 22.0 Å². The van der Waals surface area contributed by atoms with E-state index in [0.717, 1.165) is 11.3 Å². The lowest BCUT2D eigenvalue weighted by atomic mass is 10.2. The third-order valence-electron chi connectivity index (χ3n) is 2.98. The Hall–Kier alpha value is -1.57. The van der Waals surface area contributed by atoms with E-state index in [4.69, 9.17) is 16.7 Å². The summed E-state index contributed by atoms with van der Waals surface area (Å²) < 4.78 is 26.9. The van der Waals surface area contributed by atoms with Crippen molar-refractivity contribution in [2.75, 3.05) is 6.54 Å². The number of carbonyl (C=O) groups is 1. The van der Waals surface area contributed by atoms with Gasteiger partial charge in [-0.2, -0.15) is 0 Å². The van der Waals surface area contributed by atoms with Gasteiger partial charge in [-0.05, 0) is 13.0 Å². The first-order valence-electron chi connectivity index (χ1n) is 6.43. The highest BCUT2D eigenvalue weighted by molar-refractivity contribution is 7.13. The van der Waals surface area contributed by atoms with E-state index >= 15 is 0 Å². The normalized spacial score (nSPS) is 10.9. The molecule has 0 atom stereocenters. The fraction of sp³-hybridized carbons (Fsp3) is 0.286. The van der Waals surface area contributed by atoms with Crippen LogP contribution in [0.4, 0.5) is 8.78 Å². The van der Waals surface area contributed by atoms with Crippen LogP contribution in [-0.4, -0.2) is 22.6 Å². The third kappa shape index (κ3) is 3.79. The van der Waals surface area contributed by atoms with E-state index in [9.17, 15) is 13.6 Å². The van der Waals surface area contributed by atoms with Crippen molar-refractivity contribution in [3.8, 4) is 0 Å². The van der Waals surface area contributed by atoms with Gasteiger partial charge < -0.3 is 10.4 Å². The van der Waals surface area contributed by atoms with E-state index in [1.807, 2.05) is 0 Å². The van der Waals surface area contributed by atoms with Crippen LogP contribution in [0.1, 0.15) is 25.9 Å².